The van der Waals surface area contributed by atoms with E-state index in [-0.39, 0.29) is 48.6 Å². The summed E-state index contributed by atoms with van der Waals surface area (Å²) in [4.78, 5) is 22.7. The Hall–Kier alpha value is -1.43. The molecule has 0 bridgehead atoms. The summed E-state index contributed by atoms with van der Waals surface area (Å²) < 4.78 is 7.81. The first-order valence-electron chi connectivity index (χ1n) is 10.7. The van der Waals surface area contributed by atoms with Crippen molar-refractivity contribution in [3.05, 3.63) is 11.6 Å². The number of aryl methyl sites for hydroxylation is 1. The lowest BCUT2D eigenvalue weighted by Crippen LogP contribution is -2.49. The van der Waals surface area contributed by atoms with Crippen LogP contribution in [0.1, 0.15) is 57.1 Å². The van der Waals surface area contributed by atoms with Gasteiger partial charge in [0, 0.05) is 45.6 Å². The van der Waals surface area contributed by atoms with Crippen molar-refractivity contribution in [3.8, 4) is 0 Å². The van der Waals surface area contributed by atoms with Crippen LogP contribution in [0.2, 0.25) is 0 Å². The first kappa shape index (κ1) is 24.8. The Kier molecular flexibility index (Phi) is 9.79. The number of amides is 1. The van der Waals surface area contributed by atoms with Crippen molar-refractivity contribution in [1.29, 1.82) is 0 Å². The van der Waals surface area contributed by atoms with Crippen molar-refractivity contribution in [2.75, 3.05) is 33.8 Å². The highest BCUT2D eigenvalue weighted by Gasteiger charge is 2.24. The summed E-state index contributed by atoms with van der Waals surface area (Å²) in [6, 6.07) is 0.192. The zero-order chi connectivity index (χ0) is 20.8. The van der Waals surface area contributed by atoms with Gasteiger partial charge in [-0.25, -0.2) is 14.7 Å². The van der Waals surface area contributed by atoms with Crippen LogP contribution < -0.4 is 10.6 Å². The molecule has 0 saturated carbocycles. The van der Waals surface area contributed by atoms with Crippen LogP contribution in [-0.4, -0.2) is 77.5 Å². The molecule has 2 unspecified atom stereocenters. The number of nitrogens with one attached hydrogen (secondary N) is 2. The van der Waals surface area contributed by atoms with Gasteiger partial charge in [0.05, 0.1) is 12.6 Å². The Morgan fingerprint density at radius 2 is 2.13 bits per heavy atom. The fourth-order valence-corrected chi connectivity index (χ4v) is 3.50. The second-order valence-corrected chi connectivity index (χ2v) is 8.43. The van der Waals surface area contributed by atoms with E-state index >= 15 is 0 Å². The van der Waals surface area contributed by atoms with Crippen molar-refractivity contribution in [1.82, 2.24) is 30.3 Å². The predicted octanol–water partition coefficient (Wildman–Crippen LogP) is 1.53. The van der Waals surface area contributed by atoms with Crippen molar-refractivity contribution in [2.45, 2.75) is 70.6 Å². The van der Waals surface area contributed by atoms with Gasteiger partial charge in [0.25, 0.3) is 0 Å². The summed E-state index contributed by atoms with van der Waals surface area (Å²) >= 11 is 0. The number of aliphatic imine (C=N–C) groups is 1. The van der Waals surface area contributed by atoms with Gasteiger partial charge in [-0.15, -0.1) is 24.0 Å². The molecule has 1 amide bonds. The average molecular weight is 533 g/mol. The fraction of sp³-hybridized carbons (Fsp3) is 0.800. The van der Waals surface area contributed by atoms with Crippen LogP contribution in [0.4, 0.5) is 0 Å². The van der Waals surface area contributed by atoms with Crippen LogP contribution in [0.5, 0.6) is 0 Å². The van der Waals surface area contributed by atoms with E-state index in [4.69, 9.17) is 4.74 Å². The minimum Gasteiger partial charge on any atom is -0.376 e. The van der Waals surface area contributed by atoms with E-state index in [9.17, 15) is 4.79 Å². The maximum Gasteiger partial charge on any atom is 0.243 e. The number of ether oxygens (including phenoxy) is 1. The minimum absolute atomic E-state index is 0. The highest BCUT2D eigenvalue weighted by atomic mass is 127. The molecule has 0 radical (unpaired) electrons. The second kappa shape index (κ2) is 11.8. The average Bonchev–Trinajstić information content (AvgIpc) is 3.14. The van der Waals surface area contributed by atoms with Crippen molar-refractivity contribution in [2.24, 2.45) is 4.99 Å². The van der Waals surface area contributed by atoms with Crippen LogP contribution in [0, 0.1) is 0 Å². The van der Waals surface area contributed by atoms with Crippen molar-refractivity contribution in [3.63, 3.8) is 0 Å². The van der Waals surface area contributed by atoms with Crippen LogP contribution in [0.25, 0.3) is 0 Å². The molecule has 1 aromatic rings. The van der Waals surface area contributed by atoms with Crippen LogP contribution in [-0.2, 0) is 22.5 Å². The molecular weight excluding hydrogens is 497 g/mol. The van der Waals surface area contributed by atoms with E-state index in [1.54, 1.807) is 19.0 Å². The first-order valence-corrected chi connectivity index (χ1v) is 10.7. The molecule has 1 saturated heterocycles. The highest BCUT2D eigenvalue weighted by Crippen LogP contribution is 2.17. The summed E-state index contributed by atoms with van der Waals surface area (Å²) in [5, 5.41) is 11.5. The Morgan fingerprint density at radius 1 is 1.33 bits per heavy atom. The molecule has 2 atom stereocenters. The van der Waals surface area contributed by atoms with E-state index in [0.717, 1.165) is 50.5 Å². The molecule has 2 aliphatic rings. The van der Waals surface area contributed by atoms with Crippen LogP contribution in [0.15, 0.2) is 4.99 Å². The van der Waals surface area contributed by atoms with Crippen molar-refractivity contribution < 1.29 is 9.53 Å². The minimum atomic E-state index is -0.0243. The molecule has 3 rings (SSSR count). The van der Waals surface area contributed by atoms with Crippen LogP contribution >= 0.6 is 24.0 Å². The summed E-state index contributed by atoms with van der Waals surface area (Å²) in [6.07, 6.45) is 5.42. The molecule has 0 aliphatic carbocycles. The molecule has 2 N–H and O–H groups in total. The van der Waals surface area contributed by atoms with Crippen molar-refractivity contribution >= 4 is 35.8 Å². The quantitative estimate of drug-likeness (QED) is 0.327. The van der Waals surface area contributed by atoms with E-state index in [1.165, 1.54) is 6.42 Å². The van der Waals surface area contributed by atoms with Gasteiger partial charge in [-0.05, 0) is 25.7 Å². The Balaban J connectivity index is 0.00000320. The molecule has 170 valence electrons. The predicted molar refractivity (Wildman–Crippen MR) is 127 cm³/mol. The molecule has 2 aliphatic heterocycles. The summed E-state index contributed by atoms with van der Waals surface area (Å²) in [7, 11) is 3.49. The molecule has 30 heavy (non-hydrogen) atoms. The van der Waals surface area contributed by atoms with Gasteiger partial charge in [0.2, 0.25) is 5.91 Å². The Morgan fingerprint density at radius 3 is 2.80 bits per heavy atom. The fourth-order valence-electron chi connectivity index (χ4n) is 3.50. The molecule has 9 nitrogen and oxygen atoms in total. The summed E-state index contributed by atoms with van der Waals surface area (Å²) in [6.45, 7) is 6.60. The van der Waals surface area contributed by atoms with E-state index in [1.807, 2.05) is 4.68 Å². The standard InChI is InChI=1S/C20H35N7O2.HI/c1-14(2)19-24-17-9-8-15(13-27(17)25-19)23-20(22-12-18(28)26(3)4)21-11-16-7-5-6-10-29-16;/h14-16H,5-13H2,1-4H3,(H2,21,22,23);1H. The number of fused-ring (bicyclic) bond motifs is 1. The molecule has 0 aromatic carbocycles. The highest BCUT2D eigenvalue weighted by molar-refractivity contribution is 14.0. The third-order valence-corrected chi connectivity index (χ3v) is 5.37. The number of likely N-dealkylation sites (N-methyl/N-ethyl adjacent to an activating group) is 1. The summed E-state index contributed by atoms with van der Waals surface area (Å²) in [5.74, 6) is 2.91. The Labute approximate surface area is 196 Å². The van der Waals surface area contributed by atoms with Gasteiger partial charge < -0.3 is 20.3 Å². The zero-order valence-corrected chi connectivity index (χ0v) is 20.9. The molecule has 0 spiro atoms. The SMILES string of the molecule is CC(C)c1nc2n(n1)CC(NC(=NCC(=O)N(C)C)NCC1CCCCO1)CC2.I. The topological polar surface area (TPSA) is 96.7 Å². The normalized spacial score (nSPS) is 21.6. The van der Waals surface area contributed by atoms with Gasteiger partial charge in [-0.3, -0.25) is 4.79 Å². The largest absolute Gasteiger partial charge is 0.376 e. The molecule has 3 heterocycles. The number of rotatable bonds is 6. The first-order chi connectivity index (χ1) is 13.9. The maximum absolute atomic E-state index is 12.0. The van der Waals surface area contributed by atoms with Gasteiger partial charge in [0.1, 0.15) is 12.4 Å². The molecular formula is C20H36IN7O2. The van der Waals surface area contributed by atoms with Gasteiger partial charge >= 0.3 is 0 Å². The van der Waals surface area contributed by atoms with Gasteiger partial charge in [-0.2, -0.15) is 5.10 Å². The second-order valence-electron chi connectivity index (χ2n) is 8.43. The number of nitrogens with zero attached hydrogens (tertiary/aromatic N) is 5. The number of guanidine groups is 1. The monoisotopic (exact) mass is 533 g/mol. The third-order valence-electron chi connectivity index (χ3n) is 5.37. The van der Waals surface area contributed by atoms with Gasteiger partial charge in [0.15, 0.2) is 11.8 Å². The number of hydrogen-bond donors (Lipinski definition) is 2. The number of carbonyl (C=O) groups is 1. The number of halogens is 1. The van der Waals surface area contributed by atoms with Gasteiger partial charge in [-0.1, -0.05) is 13.8 Å². The Bertz CT molecular complexity index is 714. The van der Waals surface area contributed by atoms with Crippen LogP contribution in [0.3, 0.4) is 0 Å². The number of hydrogen-bond acceptors (Lipinski definition) is 5. The number of aromatic nitrogens is 3. The van der Waals surface area contributed by atoms with E-state index in [2.05, 4.69) is 39.6 Å². The third kappa shape index (κ3) is 7.07. The molecule has 1 fully saturated rings. The molecule has 1 aromatic heterocycles. The number of carbonyl (C=O) groups excluding carboxylic acids is 1. The smallest absolute Gasteiger partial charge is 0.243 e. The van der Waals surface area contributed by atoms with E-state index < -0.39 is 0 Å². The zero-order valence-electron chi connectivity index (χ0n) is 18.6. The maximum atomic E-state index is 12.0. The lowest BCUT2D eigenvalue weighted by atomic mass is 10.1. The van der Waals surface area contributed by atoms with E-state index in [0.29, 0.717) is 18.4 Å². The molecule has 10 heteroatoms. The summed E-state index contributed by atoms with van der Waals surface area (Å²) in [5.41, 5.74) is 0. The lowest BCUT2D eigenvalue weighted by Gasteiger charge is -2.27. The lowest BCUT2D eigenvalue weighted by molar-refractivity contribution is -0.127.